The predicted molar refractivity (Wildman–Crippen MR) is 108 cm³/mol. The topological polar surface area (TPSA) is 66.5 Å². The molecule has 2 aromatic rings. The molecule has 2 heterocycles. The molecule has 0 atom stereocenters. The first-order valence-electron chi connectivity index (χ1n) is 9.53. The minimum absolute atomic E-state index is 0.146. The lowest BCUT2D eigenvalue weighted by Crippen LogP contribution is -2.39. The van der Waals surface area contributed by atoms with E-state index in [1.807, 2.05) is 30.3 Å². The maximum atomic E-state index is 12.7. The molecule has 1 aliphatic heterocycles. The van der Waals surface area contributed by atoms with Crippen molar-refractivity contribution in [2.45, 2.75) is 19.8 Å². The Kier molecular flexibility index (Phi) is 6.79. The number of para-hydroxylation sites is 1. The molecule has 6 nitrogen and oxygen atoms in total. The number of rotatable bonds is 7. The normalized spacial score (nSPS) is 14.9. The Labute approximate surface area is 160 Å². The summed E-state index contributed by atoms with van der Waals surface area (Å²) in [6.07, 6.45) is 3.35. The van der Waals surface area contributed by atoms with Crippen molar-refractivity contribution < 1.29 is 9.53 Å². The smallest absolute Gasteiger partial charge is 0.257 e. The number of anilines is 2. The SMILES string of the molecule is CC(C)c1ccccc1NC(=O)c1cncc(NCCN2CCOCC2)c1. The van der Waals surface area contributed by atoms with Gasteiger partial charge >= 0.3 is 0 Å². The van der Waals surface area contributed by atoms with Crippen LogP contribution in [-0.4, -0.2) is 55.2 Å². The van der Waals surface area contributed by atoms with Crippen LogP contribution in [0.5, 0.6) is 0 Å². The number of hydrogen-bond acceptors (Lipinski definition) is 5. The highest BCUT2D eigenvalue weighted by Crippen LogP contribution is 2.24. The van der Waals surface area contributed by atoms with Gasteiger partial charge in [0.05, 0.1) is 24.5 Å². The van der Waals surface area contributed by atoms with E-state index < -0.39 is 0 Å². The van der Waals surface area contributed by atoms with Gasteiger partial charge in [0.2, 0.25) is 0 Å². The minimum atomic E-state index is -0.146. The van der Waals surface area contributed by atoms with Gasteiger partial charge in [0, 0.05) is 44.3 Å². The lowest BCUT2D eigenvalue weighted by molar-refractivity contribution is 0.0398. The van der Waals surface area contributed by atoms with Gasteiger partial charge in [-0.2, -0.15) is 0 Å². The van der Waals surface area contributed by atoms with Crippen LogP contribution in [0.1, 0.15) is 35.7 Å². The Balaban J connectivity index is 1.58. The van der Waals surface area contributed by atoms with Crippen molar-refractivity contribution in [3.63, 3.8) is 0 Å². The molecular formula is C21H28N4O2. The first-order valence-corrected chi connectivity index (χ1v) is 9.53. The van der Waals surface area contributed by atoms with Crippen LogP contribution in [0.15, 0.2) is 42.7 Å². The Morgan fingerprint density at radius 1 is 1.22 bits per heavy atom. The van der Waals surface area contributed by atoms with Crippen LogP contribution in [0.4, 0.5) is 11.4 Å². The predicted octanol–water partition coefficient (Wildman–Crippen LogP) is 3.20. The number of benzene rings is 1. The average Bonchev–Trinajstić information content (AvgIpc) is 2.69. The molecule has 27 heavy (non-hydrogen) atoms. The monoisotopic (exact) mass is 368 g/mol. The van der Waals surface area contributed by atoms with Crippen molar-refractivity contribution in [2.24, 2.45) is 0 Å². The third kappa shape index (κ3) is 5.52. The van der Waals surface area contributed by atoms with Crippen LogP contribution in [-0.2, 0) is 4.74 Å². The van der Waals surface area contributed by atoms with Crippen molar-refractivity contribution in [3.8, 4) is 0 Å². The molecule has 0 radical (unpaired) electrons. The fourth-order valence-corrected chi connectivity index (χ4v) is 3.15. The first kappa shape index (κ1) is 19.3. The van der Waals surface area contributed by atoms with Gasteiger partial charge in [-0.25, -0.2) is 0 Å². The zero-order valence-corrected chi connectivity index (χ0v) is 16.1. The van der Waals surface area contributed by atoms with Crippen LogP contribution >= 0.6 is 0 Å². The molecule has 0 aliphatic carbocycles. The van der Waals surface area contributed by atoms with Gasteiger partial charge in [-0.1, -0.05) is 32.0 Å². The highest BCUT2D eigenvalue weighted by atomic mass is 16.5. The number of pyridine rings is 1. The third-order valence-corrected chi connectivity index (χ3v) is 4.69. The second-order valence-corrected chi connectivity index (χ2v) is 7.04. The van der Waals surface area contributed by atoms with E-state index in [2.05, 4.69) is 34.4 Å². The largest absolute Gasteiger partial charge is 0.382 e. The van der Waals surface area contributed by atoms with Crippen LogP contribution in [0.25, 0.3) is 0 Å². The Hall–Kier alpha value is -2.44. The molecule has 0 unspecified atom stereocenters. The molecule has 6 heteroatoms. The number of aromatic nitrogens is 1. The summed E-state index contributed by atoms with van der Waals surface area (Å²) < 4.78 is 5.36. The number of morpholine rings is 1. The molecule has 144 valence electrons. The number of nitrogens with zero attached hydrogens (tertiary/aromatic N) is 2. The second kappa shape index (κ2) is 9.48. The molecule has 0 spiro atoms. The van der Waals surface area contributed by atoms with Gasteiger partial charge in [-0.3, -0.25) is 14.7 Å². The molecule has 2 N–H and O–H groups in total. The maximum absolute atomic E-state index is 12.7. The molecule has 1 aromatic heterocycles. The summed E-state index contributed by atoms with van der Waals surface area (Å²) in [6, 6.07) is 9.75. The van der Waals surface area contributed by atoms with E-state index in [0.717, 1.165) is 56.3 Å². The molecule has 1 saturated heterocycles. The number of ether oxygens (including phenoxy) is 1. The number of hydrogen-bond donors (Lipinski definition) is 2. The number of carbonyl (C=O) groups is 1. The summed E-state index contributed by atoms with van der Waals surface area (Å²) >= 11 is 0. The van der Waals surface area contributed by atoms with Gasteiger partial charge in [0.1, 0.15) is 0 Å². The highest BCUT2D eigenvalue weighted by Gasteiger charge is 2.12. The maximum Gasteiger partial charge on any atom is 0.257 e. The van der Waals surface area contributed by atoms with Crippen LogP contribution in [0.2, 0.25) is 0 Å². The first-order chi connectivity index (χ1) is 13.1. The van der Waals surface area contributed by atoms with E-state index in [1.165, 1.54) is 0 Å². The quantitative estimate of drug-likeness (QED) is 0.786. The standard InChI is InChI=1S/C21H28N4O2/c1-16(2)19-5-3-4-6-20(19)24-21(26)17-13-18(15-22-14-17)23-7-8-25-9-11-27-12-10-25/h3-6,13-16,23H,7-12H2,1-2H3,(H,24,26). The van der Waals surface area contributed by atoms with Gasteiger partial charge in [-0.05, 0) is 23.6 Å². The molecule has 0 bridgehead atoms. The van der Waals surface area contributed by atoms with E-state index in [4.69, 9.17) is 4.74 Å². The number of amides is 1. The summed E-state index contributed by atoms with van der Waals surface area (Å²) in [5.74, 6) is 0.195. The molecule has 0 saturated carbocycles. The average molecular weight is 368 g/mol. The molecule has 1 aliphatic rings. The van der Waals surface area contributed by atoms with Crippen molar-refractivity contribution in [2.75, 3.05) is 50.0 Å². The van der Waals surface area contributed by atoms with E-state index in [-0.39, 0.29) is 5.91 Å². The number of nitrogens with one attached hydrogen (secondary N) is 2. The molecule has 3 rings (SSSR count). The minimum Gasteiger partial charge on any atom is -0.382 e. The van der Waals surface area contributed by atoms with Crippen LogP contribution in [0.3, 0.4) is 0 Å². The second-order valence-electron chi connectivity index (χ2n) is 7.04. The van der Waals surface area contributed by atoms with E-state index in [9.17, 15) is 4.79 Å². The van der Waals surface area contributed by atoms with E-state index in [0.29, 0.717) is 11.5 Å². The molecular weight excluding hydrogens is 340 g/mol. The fourth-order valence-electron chi connectivity index (χ4n) is 3.15. The molecule has 1 aromatic carbocycles. The Morgan fingerprint density at radius 3 is 2.78 bits per heavy atom. The summed E-state index contributed by atoms with van der Waals surface area (Å²) in [7, 11) is 0. The Morgan fingerprint density at radius 2 is 2.00 bits per heavy atom. The van der Waals surface area contributed by atoms with E-state index >= 15 is 0 Å². The van der Waals surface area contributed by atoms with Crippen molar-refractivity contribution in [1.29, 1.82) is 0 Å². The summed E-state index contributed by atoms with van der Waals surface area (Å²) in [4.78, 5) is 19.2. The van der Waals surface area contributed by atoms with Gasteiger partial charge in [0.15, 0.2) is 0 Å². The highest BCUT2D eigenvalue weighted by molar-refractivity contribution is 6.05. The zero-order valence-electron chi connectivity index (χ0n) is 16.1. The van der Waals surface area contributed by atoms with Crippen LogP contribution in [0, 0.1) is 0 Å². The van der Waals surface area contributed by atoms with Crippen molar-refractivity contribution in [3.05, 3.63) is 53.9 Å². The van der Waals surface area contributed by atoms with E-state index in [1.54, 1.807) is 12.4 Å². The lowest BCUT2D eigenvalue weighted by atomic mass is 10.0. The van der Waals surface area contributed by atoms with Gasteiger partial charge in [-0.15, -0.1) is 0 Å². The molecule has 1 fully saturated rings. The summed E-state index contributed by atoms with van der Waals surface area (Å²) in [5, 5.41) is 6.37. The van der Waals surface area contributed by atoms with Crippen molar-refractivity contribution >= 4 is 17.3 Å². The fraction of sp³-hybridized carbons (Fsp3) is 0.429. The van der Waals surface area contributed by atoms with Crippen molar-refractivity contribution in [1.82, 2.24) is 9.88 Å². The summed E-state index contributed by atoms with van der Waals surface area (Å²) in [5.41, 5.74) is 3.37. The van der Waals surface area contributed by atoms with Crippen LogP contribution < -0.4 is 10.6 Å². The third-order valence-electron chi connectivity index (χ3n) is 4.69. The van der Waals surface area contributed by atoms with Gasteiger partial charge in [0.25, 0.3) is 5.91 Å². The lowest BCUT2D eigenvalue weighted by Gasteiger charge is -2.26. The summed E-state index contributed by atoms with van der Waals surface area (Å²) in [6.45, 7) is 9.53. The van der Waals surface area contributed by atoms with Gasteiger partial charge < -0.3 is 15.4 Å². The molecule has 1 amide bonds. The Bertz CT molecular complexity index is 757. The number of carbonyl (C=O) groups excluding carboxylic acids is 1. The zero-order chi connectivity index (χ0) is 19.1.